The monoisotopic (exact) mass is 784 g/mol. The highest BCUT2D eigenvalue weighted by molar-refractivity contribution is 6.20. The third-order valence-corrected chi connectivity index (χ3v) is 13.5. The van der Waals surface area contributed by atoms with Gasteiger partial charge in [0.2, 0.25) is 5.96 Å². The molecular weight excluding hydrogens is 741 g/mol. The number of aliphatic imine (C=N–C) groups is 2. The summed E-state index contributed by atoms with van der Waals surface area (Å²) >= 11 is 0. The summed E-state index contributed by atoms with van der Waals surface area (Å²) in [4.78, 5) is 11.2. The largest absolute Gasteiger partial charge is 0.348 e. The van der Waals surface area contributed by atoms with Crippen LogP contribution in [0.25, 0.3) is 66.3 Å². The van der Waals surface area contributed by atoms with Gasteiger partial charge in [-0.1, -0.05) is 184 Å². The highest BCUT2D eigenvalue weighted by Crippen LogP contribution is 2.52. The van der Waals surface area contributed by atoms with Crippen molar-refractivity contribution in [3.05, 3.63) is 216 Å². The molecule has 2 unspecified atom stereocenters. The van der Waals surface area contributed by atoms with Crippen LogP contribution in [0.3, 0.4) is 0 Å². The van der Waals surface area contributed by atoms with E-state index in [4.69, 9.17) is 9.98 Å². The molecule has 0 bridgehead atoms. The van der Waals surface area contributed by atoms with Gasteiger partial charge in [0, 0.05) is 22.1 Å². The lowest BCUT2D eigenvalue weighted by atomic mass is 9.80. The summed E-state index contributed by atoms with van der Waals surface area (Å²) in [5, 5.41) is 6.33. The maximum Gasteiger partial charge on any atom is 0.234 e. The van der Waals surface area contributed by atoms with E-state index in [0.717, 1.165) is 35.3 Å². The molecule has 9 aromatic rings. The minimum absolute atomic E-state index is 0.0169. The van der Waals surface area contributed by atoms with E-state index in [9.17, 15) is 0 Å². The number of fused-ring (bicyclic) bond motifs is 9. The van der Waals surface area contributed by atoms with Crippen molar-refractivity contribution in [1.29, 1.82) is 0 Å². The Hall–Kier alpha value is -7.30. The number of nitrogens with one attached hydrogen (secondary N) is 1. The smallest absolute Gasteiger partial charge is 0.234 e. The molecule has 0 fully saturated rings. The van der Waals surface area contributed by atoms with Crippen molar-refractivity contribution in [3.8, 4) is 44.5 Å². The van der Waals surface area contributed by atoms with Crippen molar-refractivity contribution in [1.82, 2.24) is 9.88 Å². The molecule has 1 aromatic heterocycles. The maximum atomic E-state index is 5.63. The van der Waals surface area contributed by atoms with Crippen molar-refractivity contribution in [2.45, 2.75) is 44.2 Å². The molecule has 2 atom stereocenters. The standard InChI is InChI=1S/C57H44N4/c1-57(2)49-25-13-11-22-44(49)48-34-40-32-33-45(42-20-9-10-21-43(42)47(40)35-50(48)57)55-58-54(39-30-28-37(29-31-39)36-16-5-3-6-17-36)59-56(60-55)61-51-26-14-12-23-46(51)53-41(24-15-27-52(53)61)38-18-7-4-8-19-38/h3-31,34-35,45,54H,32-33H2,1-2H3,(H,58,59,60). The highest BCUT2D eigenvalue weighted by atomic mass is 15.3. The van der Waals surface area contributed by atoms with Crippen LogP contribution in [0.15, 0.2) is 198 Å². The zero-order chi connectivity index (χ0) is 40.7. The average Bonchev–Trinajstić information content (AvgIpc) is 3.70. The molecule has 8 aromatic carbocycles. The highest BCUT2D eigenvalue weighted by Gasteiger charge is 2.38. The van der Waals surface area contributed by atoms with Crippen molar-refractivity contribution >= 4 is 33.6 Å². The third-order valence-electron chi connectivity index (χ3n) is 13.5. The lowest BCUT2D eigenvalue weighted by Gasteiger charge is -2.29. The van der Waals surface area contributed by atoms with Gasteiger partial charge in [-0.05, 0) is 103 Å². The predicted octanol–water partition coefficient (Wildman–Crippen LogP) is 13.7. The van der Waals surface area contributed by atoms with Gasteiger partial charge in [-0.3, -0.25) is 4.57 Å². The minimum Gasteiger partial charge on any atom is -0.348 e. The summed E-state index contributed by atoms with van der Waals surface area (Å²) in [6, 6.07) is 68.5. The second kappa shape index (κ2) is 13.9. The molecule has 292 valence electrons. The van der Waals surface area contributed by atoms with E-state index < -0.39 is 0 Å². The first-order valence-electron chi connectivity index (χ1n) is 21.5. The van der Waals surface area contributed by atoms with Gasteiger partial charge in [0.05, 0.1) is 11.0 Å². The number of amidine groups is 1. The lowest BCUT2D eigenvalue weighted by molar-refractivity contribution is 0.633. The molecule has 61 heavy (non-hydrogen) atoms. The molecular formula is C57H44N4. The second-order valence-corrected chi connectivity index (χ2v) is 17.3. The van der Waals surface area contributed by atoms with E-state index in [2.05, 4.69) is 212 Å². The lowest BCUT2D eigenvalue weighted by Crippen LogP contribution is -2.38. The van der Waals surface area contributed by atoms with Crippen LogP contribution in [0.1, 0.15) is 60.2 Å². The first-order chi connectivity index (χ1) is 30.0. The van der Waals surface area contributed by atoms with Crippen molar-refractivity contribution < 1.29 is 0 Å². The number of aryl methyl sites for hydroxylation is 1. The second-order valence-electron chi connectivity index (χ2n) is 17.3. The Morgan fingerprint density at radius 2 is 1.20 bits per heavy atom. The van der Waals surface area contributed by atoms with Crippen LogP contribution in [0, 0.1) is 0 Å². The zero-order valence-electron chi connectivity index (χ0n) is 34.3. The van der Waals surface area contributed by atoms with Crippen LogP contribution in [-0.4, -0.2) is 16.4 Å². The Morgan fingerprint density at radius 1 is 0.541 bits per heavy atom. The molecule has 0 amide bonds. The van der Waals surface area contributed by atoms with Gasteiger partial charge in [-0.25, -0.2) is 4.99 Å². The van der Waals surface area contributed by atoms with Gasteiger partial charge in [0.25, 0.3) is 0 Å². The fraction of sp³-hybridized carbons (Fsp3) is 0.123. The Labute approximate surface area is 356 Å². The SMILES string of the molecule is CC1(C)c2ccccc2-c2cc3c(cc21)-c1ccccc1C(C1=NC(n2c4ccccc4c4c(-c5ccccc5)cccc42)=NC(c2ccc(-c4ccccc4)cc2)N1)CC3. The average molecular weight is 785 g/mol. The topological polar surface area (TPSA) is 41.7 Å². The molecule has 0 saturated carbocycles. The summed E-state index contributed by atoms with van der Waals surface area (Å²) in [7, 11) is 0. The van der Waals surface area contributed by atoms with Gasteiger partial charge in [-0.2, -0.15) is 4.99 Å². The molecule has 2 aliphatic carbocycles. The van der Waals surface area contributed by atoms with E-state index in [0.29, 0.717) is 5.96 Å². The summed E-state index contributed by atoms with van der Waals surface area (Å²) in [5.74, 6) is 1.66. The molecule has 4 heteroatoms. The predicted molar refractivity (Wildman–Crippen MR) is 253 cm³/mol. The van der Waals surface area contributed by atoms with Crippen LogP contribution >= 0.6 is 0 Å². The fourth-order valence-corrected chi connectivity index (χ4v) is 10.5. The number of aromatic nitrogens is 1. The molecule has 4 nitrogen and oxygen atoms in total. The van der Waals surface area contributed by atoms with Crippen LogP contribution in [0.4, 0.5) is 0 Å². The van der Waals surface area contributed by atoms with Crippen molar-refractivity contribution in [2.75, 3.05) is 0 Å². The minimum atomic E-state index is -0.347. The number of benzene rings is 8. The summed E-state index contributed by atoms with van der Waals surface area (Å²) < 4.78 is 2.30. The van der Waals surface area contributed by atoms with Gasteiger partial charge >= 0.3 is 0 Å². The van der Waals surface area contributed by atoms with Crippen molar-refractivity contribution in [2.24, 2.45) is 9.98 Å². The molecule has 0 radical (unpaired) electrons. The Bertz CT molecular complexity index is 3240. The zero-order valence-corrected chi connectivity index (χ0v) is 34.3. The number of rotatable bonds is 4. The quantitative estimate of drug-likeness (QED) is 0.190. The number of para-hydroxylation sites is 1. The molecule has 0 spiro atoms. The Balaban J connectivity index is 1.03. The van der Waals surface area contributed by atoms with E-state index in [1.165, 1.54) is 77.5 Å². The number of hydrogen-bond acceptors (Lipinski definition) is 3. The van der Waals surface area contributed by atoms with Crippen molar-refractivity contribution in [3.63, 3.8) is 0 Å². The summed E-state index contributed by atoms with van der Waals surface area (Å²) in [5.41, 5.74) is 18.9. The maximum absolute atomic E-state index is 5.63. The van der Waals surface area contributed by atoms with E-state index in [1.54, 1.807) is 0 Å². The Morgan fingerprint density at radius 3 is 2.02 bits per heavy atom. The Kier molecular flexibility index (Phi) is 8.11. The molecule has 0 saturated heterocycles. The first kappa shape index (κ1) is 35.6. The van der Waals surface area contributed by atoms with Gasteiger partial charge in [0.1, 0.15) is 12.0 Å². The first-order valence-corrected chi connectivity index (χ1v) is 21.5. The summed E-state index contributed by atoms with van der Waals surface area (Å²) in [6.45, 7) is 4.75. The van der Waals surface area contributed by atoms with E-state index in [-0.39, 0.29) is 17.5 Å². The molecule has 1 N–H and O–H groups in total. The van der Waals surface area contributed by atoms with E-state index in [1.807, 2.05) is 0 Å². The molecule has 3 aliphatic rings. The van der Waals surface area contributed by atoms with Crippen LogP contribution in [-0.2, 0) is 11.8 Å². The van der Waals surface area contributed by atoms with Gasteiger partial charge < -0.3 is 5.32 Å². The van der Waals surface area contributed by atoms with Crippen LogP contribution < -0.4 is 5.32 Å². The summed E-state index contributed by atoms with van der Waals surface area (Å²) in [6.07, 6.45) is 1.50. The van der Waals surface area contributed by atoms with Gasteiger partial charge in [-0.15, -0.1) is 0 Å². The molecule has 2 heterocycles. The molecule has 1 aliphatic heterocycles. The number of hydrogen-bond donors (Lipinski definition) is 1. The van der Waals surface area contributed by atoms with Gasteiger partial charge in [0.15, 0.2) is 0 Å². The van der Waals surface area contributed by atoms with Crippen LogP contribution in [0.5, 0.6) is 0 Å². The molecule has 12 rings (SSSR count). The third kappa shape index (κ3) is 5.66. The fourth-order valence-electron chi connectivity index (χ4n) is 10.5. The normalized spacial score (nSPS) is 17.3. The number of nitrogens with zero attached hydrogens (tertiary/aromatic N) is 3. The van der Waals surface area contributed by atoms with E-state index >= 15 is 0 Å². The van der Waals surface area contributed by atoms with Crippen LogP contribution in [0.2, 0.25) is 0 Å².